The maximum Gasteiger partial charge on any atom is 0.348 e. The highest BCUT2D eigenvalue weighted by molar-refractivity contribution is 7.89. The number of phenolic OH excluding ortho intramolecular Hbond substituents is 4. The molecule has 0 aromatic heterocycles. The monoisotopic (exact) mass is 1230 g/mol. The first kappa shape index (κ1) is 66.3. The molecule has 2 amide bonds. The Morgan fingerprint density at radius 2 is 1.12 bits per heavy atom. The van der Waals surface area contributed by atoms with E-state index < -0.39 is 94.0 Å². The molecule has 88 heavy (non-hydrogen) atoms. The fourth-order valence-corrected chi connectivity index (χ4v) is 9.47. The molecule has 0 aliphatic heterocycles. The lowest BCUT2D eigenvalue weighted by Gasteiger charge is -2.42. The number of carboxylic acid groups (broad SMARTS) is 3. The fourth-order valence-electron chi connectivity index (χ4n) is 8.49. The van der Waals surface area contributed by atoms with Crippen LogP contribution in [0.4, 0.5) is 11.4 Å². The van der Waals surface area contributed by atoms with E-state index in [4.69, 9.17) is 24.4 Å². The number of aliphatic hydroxyl groups excluding tert-OH is 1. The molecule has 0 bridgehead atoms. The number of sulfonamides is 1. The van der Waals surface area contributed by atoms with Gasteiger partial charge in [0.15, 0.2) is 23.0 Å². The lowest BCUT2D eigenvalue weighted by atomic mass is 9.75. The standard InChI is InChI=1S/C26H26O11.C21H18N2O6S.C16H15NO4/c1-14-12-26(25(34)35,37-23(33)9-5-16-3-7-18(28)20(30)11-16)13-21(31)24(14)36-22(32)8-4-15-2-6-17(27)19(29)10-15;24-19-12-16(8-11-18(19)21(26)27)23-20(25)13-22-30(28,29)17-9-6-15(7-10-17)14-4-2-1-3-5-14;18-15(11-21-10-12-4-2-1-3-5-12)17-14-8-6-13(7-9-14)16(19)20/h2-11,14,21,24,27-31H,12-13H2,1H3,(H,34,35);1-12,22,24H,13H2,(H,23,25)(H,26,27);1-9H,10-11H2,(H,17,18)(H,19,20)/b8-4+,9-5+;;/t14-,21-,24+,26-;;/m1../s1. The smallest absolute Gasteiger partial charge is 0.348 e. The van der Waals surface area contributed by atoms with Crippen molar-refractivity contribution in [1.29, 1.82) is 0 Å². The van der Waals surface area contributed by atoms with Crippen LogP contribution in [0.15, 0.2) is 181 Å². The van der Waals surface area contributed by atoms with Gasteiger partial charge in [0.05, 0.1) is 29.7 Å². The van der Waals surface area contributed by atoms with Crippen LogP contribution in [0.1, 0.15) is 57.2 Å². The number of rotatable bonds is 20. The van der Waals surface area contributed by atoms with Crippen LogP contribution in [0, 0.1) is 5.92 Å². The van der Waals surface area contributed by atoms with Gasteiger partial charge in [-0.25, -0.2) is 37.1 Å². The number of carboxylic acids is 3. The number of ether oxygens (including phenoxy) is 3. The molecule has 0 heterocycles. The number of benzene rings is 7. The molecule has 1 aliphatic rings. The van der Waals surface area contributed by atoms with Crippen molar-refractivity contribution in [2.24, 2.45) is 5.92 Å². The summed E-state index contributed by atoms with van der Waals surface area (Å²) in [5, 5.41) is 90.5. The van der Waals surface area contributed by atoms with Gasteiger partial charge in [-0.2, -0.15) is 0 Å². The van der Waals surface area contributed by atoms with Crippen LogP contribution in [0.3, 0.4) is 0 Å². The molecule has 0 radical (unpaired) electrons. The first-order chi connectivity index (χ1) is 41.8. The number of aliphatic hydroxyl groups is 1. The van der Waals surface area contributed by atoms with Crippen molar-refractivity contribution in [2.45, 2.75) is 49.1 Å². The van der Waals surface area contributed by atoms with Crippen molar-refractivity contribution in [3.63, 3.8) is 0 Å². The number of aliphatic carboxylic acids is 1. The molecule has 12 N–H and O–H groups in total. The molecule has 1 aliphatic carbocycles. The van der Waals surface area contributed by atoms with Crippen LogP contribution in [0.25, 0.3) is 23.3 Å². The molecule has 7 aromatic carbocycles. The molecular weight excluding hydrogens is 1170 g/mol. The molecule has 1 saturated carbocycles. The van der Waals surface area contributed by atoms with Gasteiger partial charge in [0.25, 0.3) is 0 Å². The number of carbonyl (C=O) groups excluding carboxylic acids is 4. The molecule has 7 aromatic rings. The third-order valence-electron chi connectivity index (χ3n) is 12.9. The van der Waals surface area contributed by atoms with Crippen LogP contribution in [-0.2, 0) is 54.8 Å². The minimum absolute atomic E-state index is 0.0124. The Labute approximate surface area is 502 Å². The third-order valence-corrected chi connectivity index (χ3v) is 14.3. The lowest BCUT2D eigenvalue weighted by Crippen LogP contribution is -2.56. The van der Waals surface area contributed by atoms with Crippen molar-refractivity contribution < 1.29 is 102 Å². The molecule has 8 rings (SSSR count). The third kappa shape index (κ3) is 19.6. The Hall–Kier alpha value is -10.9. The average molecular weight is 1230 g/mol. The predicted octanol–water partition coefficient (Wildman–Crippen LogP) is 7.52. The van der Waals surface area contributed by atoms with Gasteiger partial charge in [-0.1, -0.05) is 91.9 Å². The van der Waals surface area contributed by atoms with Crippen LogP contribution in [0.5, 0.6) is 28.7 Å². The highest BCUT2D eigenvalue weighted by Crippen LogP contribution is 2.38. The van der Waals surface area contributed by atoms with E-state index in [0.717, 1.165) is 41.0 Å². The van der Waals surface area contributed by atoms with Crippen LogP contribution in [-0.4, -0.2) is 127 Å². The van der Waals surface area contributed by atoms with Gasteiger partial charge in [-0.3, -0.25) is 9.59 Å². The van der Waals surface area contributed by atoms with Crippen LogP contribution >= 0.6 is 0 Å². The van der Waals surface area contributed by atoms with E-state index in [0.29, 0.717) is 23.4 Å². The fraction of sp³-hybridized carbons (Fsp3) is 0.159. The number of aromatic carboxylic acids is 2. The Balaban J connectivity index is 0.000000219. The number of hydrogen-bond acceptors (Lipinski definition) is 18. The summed E-state index contributed by atoms with van der Waals surface area (Å²) in [6.07, 6.45) is 1.27. The molecule has 4 atom stereocenters. The van der Waals surface area contributed by atoms with Gasteiger partial charge in [-0.15, -0.1) is 0 Å². The first-order valence-corrected chi connectivity index (χ1v) is 27.8. The van der Waals surface area contributed by atoms with Crippen LogP contribution < -0.4 is 15.4 Å². The number of aromatic hydroxyl groups is 5. The second kappa shape index (κ2) is 30.8. The molecule has 0 unspecified atom stereocenters. The topological polar surface area (TPSA) is 399 Å². The SMILES string of the molecule is C[C@@H]1C[C@](OC(=O)/C=C/c2ccc(O)c(O)c2)(C(=O)O)C[C@@H](O)[C@H]1OC(=O)/C=C/c1ccc(O)c(O)c1.O=C(CNS(=O)(=O)c1ccc(-c2ccccc2)cc1)Nc1ccc(C(=O)O)c(O)c1.O=C(COCc1ccccc1)Nc1ccc(C(=O)O)cc1. The Kier molecular flexibility index (Phi) is 23.2. The van der Waals surface area contributed by atoms with Gasteiger partial charge in [0, 0.05) is 48.4 Å². The van der Waals surface area contributed by atoms with E-state index in [1.807, 2.05) is 60.7 Å². The zero-order valence-electron chi connectivity index (χ0n) is 46.5. The molecule has 25 heteroatoms. The summed E-state index contributed by atoms with van der Waals surface area (Å²) >= 11 is 0. The Bertz CT molecular complexity index is 3790. The van der Waals surface area contributed by atoms with Crippen LogP contribution in [0.2, 0.25) is 0 Å². The maximum absolute atomic E-state index is 12.4. The number of carbonyl (C=O) groups is 7. The van der Waals surface area contributed by atoms with E-state index in [1.165, 1.54) is 78.9 Å². The van der Waals surface area contributed by atoms with Crippen molar-refractivity contribution in [1.82, 2.24) is 4.72 Å². The van der Waals surface area contributed by atoms with Crippen molar-refractivity contribution in [3.05, 3.63) is 204 Å². The highest BCUT2D eigenvalue weighted by Gasteiger charge is 2.53. The summed E-state index contributed by atoms with van der Waals surface area (Å²) < 4.78 is 42.9. The number of nitrogens with one attached hydrogen (secondary N) is 3. The maximum atomic E-state index is 12.4. The summed E-state index contributed by atoms with van der Waals surface area (Å²) in [6, 6.07) is 42.5. The van der Waals surface area contributed by atoms with E-state index in [2.05, 4.69) is 15.4 Å². The number of amides is 2. The summed E-state index contributed by atoms with van der Waals surface area (Å²) in [5.41, 5.74) is 2.01. The predicted molar refractivity (Wildman–Crippen MR) is 317 cm³/mol. The van der Waals surface area contributed by atoms with Gasteiger partial charge in [0.1, 0.15) is 24.0 Å². The van der Waals surface area contributed by atoms with E-state index >= 15 is 0 Å². The minimum atomic E-state index is -3.91. The largest absolute Gasteiger partial charge is 0.507 e. The second-order valence-corrected chi connectivity index (χ2v) is 21.2. The number of anilines is 2. The van der Waals surface area contributed by atoms with Crippen molar-refractivity contribution in [2.75, 3.05) is 23.8 Å². The molecule has 458 valence electrons. The van der Waals surface area contributed by atoms with Gasteiger partial charge >= 0.3 is 29.8 Å². The highest BCUT2D eigenvalue weighted by atomic mass is 32.2. The zero-order valence-corrected chi connectivity index (χ0v) is 47.3. The lowest BCUT2D eigenvalue weighted by molar-refractivity contribution is -0.199. The van der Waals surface area contributed by atoms with Crippen molar-refractivity contribution >= 4 is 75.2 Å². The molecule has 24 nitrogen and oxygen atoms in total. The first-order valence-electron chi connectivity index (χ1n) is 26.3. The summed E-state index contributed by atoms with van der Waals surface area (Å²) in [4.78, 5) is 82.0. The number of esters is 2. The normalized spacial score (nSPS) is 16.1. The second-order valence-electron chi connectivity index (χ2n) is 19.4. The quantitative estimate of drug-likeness (QED) is 0.0199. The van der Waals surface area contributed by atoms with E-state index in [9.17, 15) is 77.7 Å². The molecule has 0 spiro atoms. The van der Waals surface area contributed by atoms with E-state index in [1.54, 1.807) is 31.2 Å². The average Bonchev–Trinajstić information content (AvgIpc) is 2.09. The van der Waals surface area contributed by atoms with Crippen molar-refractivity contribution in [3.8, 4) is 39.9 Å². The van der Waals surface area contributed by atoms with Gasteiger partial charge in [-0.05, 0) is 113 Å². The van der Waals surface area contributed by atoms with E-state index in [-0.39, 0.29) is 57.9 Å². The molecule has 1 fully saturated rings. The number of hydrogen-bond donors (Lipinski definition) is 12. The summed E-state index contributed by atoms with van der Waals surface area (Å²) in [7, 11) is -3.91. The minimum Gasteiger partial charge on any atom is -0.507 e. The number of phenols is 5. The summed E-state index contributed by atoms with van der Waals surface area (Å²) in [6.45, 7) is 1.31. The molecular formula is C63H59N3O21S. The van der Waals surface area contributed by atoms with Gasteiger partial charge in [0.2, 0.25) is 27.4 Å². The Morgan fingerprint density at radius 1 is 0.580 bits per heavy atom. The Morgan fingerprint density at radius 3 is 1.66 bits per heavy atom. The zero-order chi connectivity index (χ0) is 64.1. The summed E-state index contributed by atoms with van der Waals surface area (Å²) in [5.74, 6) is -9.25. The molecule has 0 saturated heterocycles. The van der Waals surface area contributed by atoms with Gasteiger partial charge < -0.3 is 70.8 Å².